The Labute approximate surface area is 134 Å². The molecule has 0 bridgehead atoms. The highest BCUT2D eigenvalue weighted by Crippen LogP contribution is 2.31. The molecule has 3 heterocycles. The number of carbonyl (C=O) groups excluding carboxylic acids is 1. The highest BCUT2D eigenvalue weighted by atomic mass is 16.6. The van der Waals surface area contributed by atoms with E-state index in [4.69, 9.17) is 4.74 Å². The molecule has 6 heteroatoms. The van der Waals surface area contributed by atoms with Gasteiger partial charge in [-0.2, -0.15) is 0 Å². The number of ether oxygens (including phenoxy) is 1. The van der Waals surface area contributed by atoms with Crippen LogP contribution in [0.25, 0.3) is 0 Å². The molecule has 1 aromatic carbocycles. The summed E-state index contributed by atoms with van der Waals surface area (Å²) >= 11 is 0. The lowest BCUT2D eigenvalue weighted by Crippen LogP contribution is -2.34. The fourth-order valence-electron chi connectivity index (χ4n) is 3.21. The number of nitrogens with zero attached hydrogens (tertiary/aromatic N) is 4. The Morgan fingerprint density at radius 2 is 2.13 bits per heavy atom. The Kier molecular flexibility index (Phi) is 3.37. The Balaban J connectivity index is 1.65. The minimum atomic E-state index is -0.247. The average molecular weight is 310 g/mol. The molecule has 1 fully saturated rings. The van der Waals surface area contributed by atoms with Gasteiger partial charge in [0.1, 0.15) is 6.61 Å². The standard InChI is InChI=1S/C17H18N4O2/c1-12-5-7-18-16(19-12)20-8-6-14-13(11-20)3-2-4-15(14)21-9-10-23-17(21)22/h2-5,7H,6,8-11H2,1H3. The molecule has 6 nitrogen and oxygen atoms in total. The fraction of sp³-hybridized carbons (Fsp3) is 0.353. The van der Waals surface area contributed by atoms with Gasteiger partial charge in [-0.15, -0.1) is 0 Å². The minimum Gasteiger partial charge on any atom is -0.447 e. The first-order valence-electron chi connectivity index (χ1n) is 7.82. The van der Waals surface area contributed by atoms with E-state index in [1.165, 1.54) is 11.1 Å². The lowest BCUT2D eigenvalue weighted by Gasteiger charge is -2.31. The topological polar surface area (TPSA) is 58.6 Å². The van der Waals surface area contributed by atoms with Crippen molar-refractivity contribution in [2.45, 2.75) is 19.9 Å². The number of hydrogen-bond acceptors (Lipinski definition) is 5. The van der Waals surface area contributed by atoms with Crippen molar-refractivity contribution in [1.82, 2.24) is 9.97 Å². The average Bonchev–Trinajstić information content (AvgIpc) is 2.99. The molecule has 1 saturated heterocycles. The van der Waals surface area contributed by atoms with Crippen LogP contribution in [-0.4, -0.2) is 35.8 Å². The molecule has 1 aromatic heterocycles. The SMILES string of the molecule is Cc1ccnc(N2CCc3c(cccc3N3CCOC3=O)C2)n1. The first kappa shape index (κ1) is 14.0. The third-order valence-electron chi connectivity index (χ3n) is 4.36. The number of cyclic esters (lactones) is 1. The highest BCUT2D eigenvalue weighted by molar-refractivity contribution is 5.90. The lowest BCUT2D eigenvalue weighted by atomic mass is 9.97. The summed E-state index contributed by atoms with van der Waals surface area (Å²) in [6.07, 6.45) is 2.42. The van der Waals surface area contributed by atoms with Crippen molar-refractivity contribution >= 4 is 17.7 Å². The van der Waals surface area contributed by atoms with Crippen LogP contribution in [0.4, 0.5) is 16.4 Å². The molecule has 23 heavy (non-hydrogen) atoms. The maximum atomic E-state index is 11.9. The van der Waals surface area contributed by atoms with Gasteiger partial charge >= 0.3 is 6.09 Å². The summed E-state index contributed by atoms with van der Waals surface area (Å²) in [6.45, 7) is 4.66. The molecule has 0 atom stereocenters. The van der Waals surface area contributed by atoms with Crippen molar-refractivity contribution in [3.05, 3.63) is 47.3 Å². The number of anilines is 2. The molecule has 0 spiro atoms. The van der Waals surface area contributed by atoms with Crippen LogP contribution in [0.5, 0.6) is 0 Å². The third-order valence-corrected chi connectivity index (χ3v) is 4.36. The quantitative estimate of drug-likeness (QED) is 0.852. The van der Waals surface area contributed by atoms with E-state index in [1.807, 2.05) is 25.1 Å². The number of carbonyl (C=O) groups is 1. The van der Waals surface area contributed by atoms with Gasteiger partial charge in [0.15, 0.2) is 0 Å². The molecule has 0 radical (unpaired) electrons. The second kappa shape index (κ2) is 5.53. The molecule has 0 N–H and O–H groups in total. The van der Waals surface area contributed by atoms with Gasteiger partial charge in [0, 0.05) is 25.0 Å². The first-order chi connectivity index (χ1) is 11.2. The van der Waals surface area contributed by atoms with Crippen LogP contribution in [0, 0.1) is 6.92 Å². The van der Waals surface area contributed by atoms with Crippen LogP contribution in [0.2, 0.25) is 0 Å². The van der Waals surface area contributed by atoms with Crippen molar-refractivity contribution in [2.24, 2.45) is 0 Å². The van der Waals surface area contributed by atoms with Gasteiger partial charge in [0.25, 0.3) is 0 Å². The van der Waals surface area contributed by atoms with Crippen LogP contribution >= 0.6 is 0 Å². The first-order valence-corrected chi connectivity index (χ1v) is 7.82. The summed E-state index contributed by atoms with van der Waals surface area (Å²) in [7, 11) is 0. The van der Waals surface area contributed by atoms with Gasteiger partial charge in [0.05, 0.1) is 12.2 Å². The summed E-state index contributed by atoms with van der Waals surface area (Å²) in [6, 6.07) is 8.02. The van der Waals surface area contributed by atoms with Gasteiger partial charge in [-0.25, -0.2) is 14.8 Å². The number of hydrogen-bond donors (Lipinski definition) is 0. The molecule has 4 rings (SSSR count). The van der Waals surface area contributed by atoms with Crippen molar-refractivity contribution in [2.75, 3.05) is 29.5 Å². The van der Waals surface area contributed by atoms with Crippen LogP contribution < -0.4 is 9.80 Å². The number of rotatable bonds is 2. The van der Waals surface area contributed by atoms with E-state index in [0.29, 0.717) is 13.2 Å². The monoisotopic (exact) mass is 310 g/mol. The van der Waals surface area contributed by atoms with E-state index in [2.05, 4.69) is 20.9 Å². The maximum Gasteiger partial charge on any atom is 0.414 e. The Bertz CT molecular complexity index is 762. The fourth-order valence-corrected chi connectivity index (χ4v) is 3.21. The number of aromatic nitrogens is 2. The summed E-state index contributed by atoms with van der Waals surface area (Å²) in [4.78, 5) is 24.7. The van der Waals surface area contributed by atoms with Gasteiger partial charge < -0.3 is 9.64 Å². The van der Waals surface area contributed by atoms with Gasteiger partial charge in [-0.1, -0.05) is 12.1 Å². The Morgan fingerprint density at radius 3 is 2.91 bits per heavy atom. The minimum absolute atomic E-state index is 0.247. The number of benzene rings is 1. The Morgan fingerprint density at radius 1 is 1.22 bits per heavy atom. The van der Waals surface area contributed by atoms with Crippen LogP contribution in [0.3, 0.4) is 0 Å². The zero-order valence-corrected chi connectivity index (χ0v) is 13.0. The van der Waals surface area contributed by atoms with Crippen LogP contribution in [0.1, 0.15) is 16.8 Å². The van der Waals surface area contributed by atoms with E-state index in [9.17, 15) is 4.79 Å². The molecule has 0 saturated carbocycles. The van der Waals surface area contributed by atoms with Crippen molar-refractivity contribution in [3.8, 4) is 0 Å². The van der Waals surface area contributed by atoms with Crippen molar-refractivity contribution in [3.63, 3.8) is 0 Å². The van der Waals surface area contributed by atoms with Crippen LogP contribution in [-0.2, 0) is 17.7 Å². The van der Waals surface area contributed by atoms with Gasteiger partial charge in [0.2, 0.25) is 5.95 Å². The summed E-state index contributed by atoms with van der Waals surface area (Å²) in [5.74, 6) is 0.765. The van der Waals surface area contributed by atoms with E-state index in [-0.39, 0.29) is 6.09 Å². The zero-order valence-electron chi connectivity index (χ0n) is 13.0. The number of amides is 1. The third kappa shape index (κ3) is 2.50. The zero-order chi connectivity index (χ0) is 15.8. The predicted octanol–water partition coefficient (Wildman–Crippen LogP) is 2.30. The summed E-state index contributed by atoms with van der Waals surface area (Å²) < 4.78 is 5.07. The molecule has 0 unspecified atom stereocenters. The molecular formula is C17H18N4O2. The predicted molar refractivity (Wildman–Crippen MR) is 86.7 cm³/mol. The molecule has 2 aromatic rings. The maximum absolute atomic E-state index is 11.9. The number of fused-ring (bicyclic) bond motifs is 1. The summed E-state index contributed by atoms with van der Waals surface area (Å²) in [5, 5.41) is 0. The van der Waals surface area contributed by atoms with Crippen molar-refractivity contribution in [1.29, 1.82) is 0 Å². The highest BCUT2D eigenvalue weighted by Gasteiger charge is 2.28. The smallest absolute Gasteiger partial charge is 0.414 e. The van der Waals surface area contributed by atoms with E-state index in [1.54, 1.807) is 11.1 Å². The summed E-state index contributed by atoms with van der Waals surface area (Å²) in [5.41, 5.74) is 4.40. The van der Waals surface area contributed by atoms with E-state index in [0.717, 1.165) is 36.8 Å². The second-order valence-electron chi connectivity index (χ2n) is 5.85. The van der Waals surface area contributed by atoms with Gasteiger partial charge in [-0.05, 0) is 36.6 Å². The molecule has 118 valence electrons. The van der Waals surface area contributed by atoms with Crippen molar-refractivity contribution < 1.29 is 9.53 Å². The largest absolute Gasteiger partial charge is 0.447 e. The molecule has 2 aliphatic heterocycles. The normalized spacial score (nSPS) is 17.2. The Hall–Kier alpha value is -2.63. The molecule has 0 aliphatic carbocycles. The van der Waals surface area contributed by atoms with E-state index >= 15 is 0 Å². The molecular weight excluding hydrogens is 292 g/mol. The lowest BCUT2D eigenvalue weighted by molar-refractivity contribution is 0.181. The molecule has 1 amide bonds. The number of aryl methyl sites for hydroxylation is 1. The second-order valence-corrected chi connectivity index (χ2v) is 5.85. The molecule has 2 aliphatic rings. The van der Waals surface area contributed by atoms with E-state index < -0.39 is 0 Å². The van der Waals surface area contributed by atoms with Gasteiger partial charge in [-0.3, -0.25) is 4.90 Å². The van der Waals surface area contributed by atoms with Crippen LogP contribution in [0.15, 0.2) is 30.5 Å².